The van der Waals surface area contributed by atoms with Gasteiger partial charge < -0.3 is 15.4 Å². The summed E-state index contributed by atoms with van der Waals surface area (Å²) in [6, 6.07) is 17.8. The van der Waals surface area contributed by atoms with Gasteiger partial charge in [-0.1, -0.05) is 17.7 Å². The topological polar surface area (TPSA) is 91.2 Å². The van der Waals surface area contributed by atoms with E-state index < -0.39 is 11.7 Å². The number of nitrogens with one attached hydrogen (secondary N) is 2. The minimum atomic E-state index is -0.630. The van der Waals surface area contributed by atoms with Crippen LogP contribution in [-0.4, -0.2) is 18.4 Å². The van der Waals surface area contributed by atoms with Crippen LogP contribution in [-0.2, 0) is 9.59 Å². The van der Waals surface area contributed by atoms with Crippen molar-refractivity contribution in [3.05, 3.63) is 92.1 Å². The van der Waals surface area contributed by atoms with Gasteiger partial charge in [-0.25, -0.2) is 4.39 Å². The van der Waals surface area contributed by atoms with Crippen molar-refractivity contribution in [2.24, 2.45) is 0 Å². The molecular formula is C25H18Br2FN3O3. The first kappa shape index (κ1) is 25.1. The fourth-order valence-electron chi connectivity index (χ4n) is 2.82. The van der Waals surface area contributed by atoms with Crippen LogP contribution in [0, 0.1) is 24.1 Å². The highest BCUT2D eigenvalue weighted by Crippen LogP contribution is 2.35. The van der Waals surface area contributed by atoms with Crippen molar-refractivity contribution in [1.82, 2.24) is 0 Å². The number of anilines is 2. The molecule has 0 unspecified atom stereocenters. The van der Waals surface area contributed by atoms with Gasteiger partial charge in [-0.2, -0.15) is 5.26 Å². The van der Waals surface area contributed by atoms with E-state index in [9.17, 15) is 19.2 Å². The van der Waals surface area contributed by atoms with Crippen molar-refractivity contribution in [1.29, 1.82) is 5.26 Å². The number of rotatable bonds is 7. The SMILES string of the molecule is Cc1ccc(NC(=O)COc2c(Br)cc(/C=C(\C#N)C(=O)Nc3ccc(F)cc3)cc2Br)cc1. The highest BCUT2D eigenvalue weighted by atomic mass is 79.9. The van der Waals surface area contributed by atoms with Crippen LogP contribution in [0.15, 0.2) is 75.2 Å². The molecule has 6 nitrogen and oxygen atoms in total. The smallest absolute Gasteiger partial charge is 0.266 e. The molecule has 3 rings (SSSR count). The second-order valence-electron chi connectivity index (χ2n) is 7.15. The number of nitriles is 1. The number of ether oxygens (including phenoxy) is 1. The zero-order chi connectivity index (χ0) is 24.7. The molecule has 0 radical (unpaired) electrons. The van der Waals surface area contributed by atoms with E-state index in [4.69, 9.17) is 4.74 Å². The molecule has 0 bridgehead atoms. The predicted octanol–water partition coefficient (Wildman–Crippen LogP) is 6.22. The van der Waals surface area contributed by atoms with Gasteiger partial charge in [0.1, 0.15) is 23.2 Å². The number of amides is 2. The number of benzene rings is 3. The van der Waals surface area contributed by atoms with Crippen molar-refractivity contribution < 1.29 is 18.7 Å². The molecule has 2 amide bonds. The van der Waals surface area contributed by atoms with E-state index in [1.165, 1.54) is 30.3 Å². The standard InChI is InChI=1S/C25H18Br2FN3O3/c1-15-2-6-19(7-3-15)30-23(32)14-34-24-21(26)11-16(12-22(24)27)10-17(13-29)25(33)31-20-8-4-18(28)5-9-20/h2-12H,14H2,1H3,(H,30,32)(H,31,33)/b17-10+. The molecular weight excluding hydrogens is 569 g/mol. The normalized spacial score (nSPS) is 10.9. The van der Waals surface area contributed by atoms with Gasteiger partial charge in [0.2, 0.25) is 0 Å². The first-order chi connectivity index (χ1) is 16.2. The summed E-state index contributed by atoms with van der Waals surface area (Å²) >= 11 is 6.79. The van der Waals surface area contributed by atoms with Crippen LogP contribution < -0.4 is 15.4 Å². The Morgan fingerprint density at radius 3 is 2.15 bits per heavy atom. The molecule has 34 heavy (non-hydrogen) atoms. The van der Waals surface area contributed by atoms with E-state index in [2.05, 4.69) is 42.5 Å². The first-order valence-corrected chi connectivity index (χ1v) is 11.5. The molecule has 3 aromatic rings. The highest BCUT2D eigenvalue weighted by molar-refractivity contribution is 9.11. The Labute approximate surface area is 212 Å². The summed E-state index contributed by atoms with van der Waals surface area (Å²) in [5, 5.41) is 14.7. The van der Waals surface area contributed by atoms with E-state index in [-0.39, 0.29) is 18.1 Å². The van der Waals surface area contributed by atoms with Crippen LogP contribution >= 0.6 is 31.9 Å². The molecule has 0 aliphatic heterocycles. The summed E-state index contributed by atoms with van der Waals surface area (Å²) in [6.45, 7) is 1.74. The molecule has 0 atom stereocenters. The van der Waals surface area contributed by atoms with Gasteiger partial charge in [-0.3, -0.25) is 9.59 Å². The van der Waals surface area contributed by atoms with Crippen LogP contribution in [0.25, 0.3) is 6.08 Å². The van der Waals surface area contributed by atoms with Crippen molar-refractivity contribution in [3.63, 3.8) is 0 Å². The monoisotopic (exact) mass is 585 g/mol. The highest BCUT2D eigenvalue weighted by Gasteiger charge is 2.14. The minimum Gasteiger partial charge on any atom is -0.481 e. The van der Waals surface area contributed by atoms with Crippen molar-refractivity contribution in [3.8, 4) is 11.8 Å². The molecule has 0 saturated heterocycles. The predicted molar refractivity (Wildman–Crippen MR) is 136 cm³/mol. The maximum absolute atomic E-state index is 13.0. The zero-order valence-electron chi connectivity index (χ0n) is 17.9. The van der Waals surface area contributed by atoms with Gasteiger partial charge >= 0.3 is 0 Å². The molecule has 2 N–H and O–H groups in total. The Kier molecular flexibility index (Phi) is 8.57. The number of carbonyl (C=O) groups is 2. The zero-order valence-corrected chi connectivity index (χ0v) is 21.0. The van der Waals surface area contributed by atoms with Gasteiger partial charge in [0.05, 0.1) is 8.95 Å². The largest absolute Gasteiger partial charge is 0.481 e. The summed E-state index contributed by atoms with van der Waals surface area (Å²) in [5.41, 5.74) is 2.52. The quantitative estimate of drug-likeness (QED) is 0.254. The van der Waals surface area contributed by atoms with Crippen LogP contribution in [0.4, 0.5) is 15.8 Å². The van der Waals surface area contributed by atoms with Gasteiger partial charge in [-0.05, 0) is 99.0 Å². The van der Waals surface area contributed by atoms with Crippen molar-refractivity contribution in [2.45, 2.75) is 6.92 Å². The average molecular weight is 587 g/mol. The van der Waals surface area contributed by atoms with Crippen molar-refractivity contribution >= 4 is 61.1 Å². The second-order valence-corrected chi connectivity index (χ2v) is 8.86. The fraction of sp³-hybridized carbons (Fsp3) is 0.0800. The number of aryl methyl sites for hydroxylation is 1. The molecule has 0 saturated carbocycles. The van der Waals surface area contributed by atoms with E-state index in [1.54, 1.807) is 24.3 Å². The van der Waals surface area contributed by atoms with E-state index in [0.29, 0.717) is 31.6 Å². The lowest BCUT2D eigenvalue weighted by atomic mass is 10.1. The lowest BCUT2D eigenvalue weighted by Crippen LogP contribution is -2.20. The maximum atomic E-state index is 13.0. The summed E-state index contributed by atoms with van der Waals surface area (Å²) in [4.78, 5) is 24.6. The number of hydrogen-bond acceptors (Lipinski definition) is 4. The summed E-state index contributed by atoms with van der Waals surface area (Å²) in [5.74, 6) is -0.991. The first-order valence-electron chi connectivity index (χ1n) is 9.92. The van der Waals surface area contributed by atoms with Crippen LogP contribution in [0.2, 0.25) is 0 Å². The maximum Gasteiger partial charge on any atom is 0.266 e. The van der Waals surface area contributed by atoms with Crippen LogP contribution in [0.1, 0.15) is 11.1 Å². The molecule has 0 aliphatic carbocycles. The van der Waals surface area contributed by atoms with E-state index >= 15 is 0 Å². The number of nitrogens with zero attached hydrogens (tertiary/aromatic N) is 1. The average Bonchev–Trinajstić information content (AvgIpc) is 2.80. The summed E-state index contributed by atoms with van der Waals surface area (Å²) < 4.78 is 19.7. The molecule has 0 aromatic heterocycles. The third kappa shape index (κ3) is 7.01. The number of halogens is 3. The van der Waals surface area contributed by atoms with E-state index in [1.807, 2.05) is 25.1 Å². The number of carbonyl (C=O) groups excluding carboxylic acids is 2. The minimum absolute atomic E-state index is 0.144. The lowest BCUT2D eigenvalue weighted by Gasteiger charge is -2.12. The van der Waals surface area contributed by atoms with Crippen molar-refractivity contribution in [2.75, 3.05) is 17.2 Å². The molecule has 172 valence electrons. The Balaban J connectivity index is 1.68. The van der Waals surface area contributed by atoms with Gasteiger partial charge in [0.15, 0.2) is 6.61 Å². The lowest BCUT2D eigenvalue weighted by molar-refractivity contribution is -0.118. The fourth-order valence-corrected chi connectivity index (χ4v) is 4.27. The third-order valence-electron chi connectivity index (χ3n) is 4.48. The van der Waals surface area contributed by atoms with Gasteiger partial charge in [0.25, 0.3) is 11.8 Å². The Morgan fingerprint density at radius 1 is 1.00 bits per heavy atom. The molecule has 0 fully saturated rings. The summed E-state index contributed by atoms with van der Waals surface area (Å²) in [7, 11) is 0. The molecule has 0 spiro atoms. The molecule has 0 heterocycles. The Bertz CT molecular complexity index is 1260. The molecule has 3 aromatic carbocycles. The van der Waals surface area contributed by atoms with Gasteiger partial charge in [-0.15, -0.1) is 0 Å². The van der Waals surface area contributed by atoms with Gasteiger partial charge in [0, 0.05) is 11.4 Å². The van der Waals surface area contributed by atoms with Crippen LogP contribution in [0.5, 0.6) is 5.75 Å². The Hall–Kier alpha value is -3.48. The third-order valence-corrected chi connectivity index (χ3v) is 5.66. The number of hydrogen-bond donors (Lipinski definition) is 2. The second kappa shape index (κ2) is 11.6. The summed E-state index contributed by atoms with van der Waals surface area (Å²) in [6.07, 6.45) is 1.41. The van der Waals surface area contributed by atoms with E-state index in [0.717, 1.165) is 5.56 Å². The Morgan fingerprint density at radius 2 is 1.56 bits per heavy atom. The molecule has 0 aliphatic rings. The van der Waals surface area contributed by atoms with Crippen LogP contribution in [0.3, 0.4) is 0 Å². The molecule has 9 heteroatoms.